The molecule has 0 saturated carbocycles. The van der Waals surface area contributed by atoms with Crippen molar-refractivity contribution in [3.8, 4) is 0 Å². The van der Waals surface area contributed by atoms with Gasteiger partial charge in [-0.25, -0.2) is 4.79 Å². The number of carbonyl (C=O) groups is 1. The molecule has 1 N–H and O–H groups in total. The van der Waals surface area contributed by atoms with Gasteiger partial charge < -0.3 is 28.4 Å². The molecule has 0 spiro atoms. The maximum Gasteiger partial charge on any atom is 0.338 e. The van der Waals surface area contributed by atoms with Gasteiger partial charge in [0, 0.05) is 0 Å². The van der Waals surface area contributed by atoms with E-state index >= 15 is 0 Å². The summed E-state index contributed by atoms with van der Waals surface area (Å²) in [4.78, 5) is 13.8. The fourth-order valence-electron chi connectivity index (χ4n) is 4.94. The molecule has 1 heterocycles. The fourth-order valence-corrected chi connectivity index (χ4v) is 5.07. The Hall–Kier alpha value is -3.47. The fraction of sp³-hybridized carbons (Fsp3) is 0.278. The number of esters is 1. The van der Waals surface area contributed by atoms with E-state index in [1.54, 1.807) is 0 Å². The van der Waals surface area contributed by atoms with Crippen molar-refractivity contribution in [2.45, 2.75) is 60.9 Å². The number of nitrogens with one attached hydrogen (secondary N) is 1. The summed E-state index contributed by atoms with van der Waals surface area (Å²) in [6, 6.07) is 37.7. The predicted octanol–water partition coefficient (Wildman–Crippen LogP) is 7.57. The summed E-state index contributed by atoms with van der Waals surface area (Å²) in [6.07, 6.45) is -5.85. The largest absolute Gasteiger partial charge is 0.459 e. The van der Waals surface area contributed by atoms with Crippen molar-refractivity contribution < 1.29 is 33.2 Å². The Morgan fingerprint density at radius 2 is 0.979 bits per heavy atom. The van der Waals surface area contributed by atoms with Crippen molar-refractivity contribution in [3.05, 3.63) is 144 Å². The minimum Gasteiger partial charge on any atom is -0.459 e. The van der Waals surface area contributed by atoms with Gasteiger partial charge in [-0.1, -0.05) is 156 Å². The van der Waals surface area contributed by atoms with Crippen LogP contribution in [0.25, 0.3) is 0 Å². The highest BCUT2D eigenvalue weighted by atomic mass is 35.6. The molecule has 8 nitrogen and oxygen atoms in total. The van der Waals surface area contributed by atoms with Crippen molar-refractivity contribution in [2.75, 3.05) is 0 Å². The van der Waals surface area contributed by atoms with E-state index in [9.17, 15) is 4.79 Å². The van der Waals surface area contributed by atoms with Crippen molar-refractivity contribution >= 4 is 46.7 Å². The number of rotatable bonds is 13. The Morgan fingerprint density at radius 1 is 0.596 bits per heavy atom. The first-order valence-corrected chi connectivity index (χ1v) is 16.1. The number of alkyl halides is 3. The van der Waals surface area contributed by atoms with Crippen LogP contribution in [0.15, 0.2) is 121 Å². The van der Waals surface area contributed by atoms with Crippen LogP contribution in [0.2, 0.25) is 0 Å². The van der Waals surface area contributed by atoms with Crippen LogP contribution >= 0.6 is 34.8 Å². The van der Waals surface area contributed by atoms with Crippen molar-refractivity contribution in [3.63, 3.8) is 0 Å². The van der Waals surface area contributed by atoms with Crippen molar-refractivity contribution in [1.82, 2.24) is 0 Å². The van der Waals surface area contributed by atoms with Gasteiger partial charge in [0.1, 0.15) is 24.9 Å². The molecular weight excluding hydrogens is 665 g/mol. The van der Waals surface area contributed by atoms with Crippen molar-refractivity contribution in [1.29, 1.82) is 5.41 Å². The number of hydrogen-bond acceptors (Lipinski definition) is 8. The summed E-state index contributed by atoms with van der Waals surface area (Å²) in [7, 11) is 0. The third-order valence-corrected chi connectivity index (χ3v) is 7.81. The molecule has 4 aromatic rings. The lowest BCUT2D eigenvalue weighted by molar-refractivity contribution is -0.305. The highest BCUT2D eigenvalue weighted by Crippen LogP contribution is 2.35. The topological polar surface area (TPSA) is 96.3 Å². The zero-order valence-corrected chi connectivity index (χ0v) is 27.5. The minimum absolute atomic E-state index is 0.0100. The van der Waals surface area contributed by atoms with Gasteiger partial charge in [0.15, 0.2) is 6.10 Å². The summed E-state index contributed by atoms with van der Waals surface area (Å²) in [5, 5.41) is 8.33. The molecule has 0 aliphatic carbocycles. The van der Waals surface area contributed by atoms with Gasteiger partial charge in [-0.3, -0.25) is 5.41 Å². The van der Waals surface area contributed by atoms with Gasteiger partial charge in [-0.05, 0) is 22.3 Å². The zero-order valence-electron chi connectivity index (χ0n) is 25.3. The van der Waals surface area contributed by atoms with Crippen LogP contribution < -0.4 is 0 Å². The van der Waals surface area contributed by atoms with Gasteiger partial charge in [-0.15, -0.1) is 0 Å². The molecular formula is C36H34Cl3NO7. The number of halogens is 3. The quantitative estimate of drug-likeness (QED) is 0.0666. The average molecular weight is 699 g/mol. The molecule has 1 fully saturated rings. The van der Waals surface area contributed by atoms with Crippen LogP contribution in [0.4, 0.5) is 0 Å². The zero-order chi connectivity index (χ0) is 33.1. The van der Waals surface area contributed by atoms with E-state index in [2.05, 4.69) is 0 Å². The van der Waals surface area contributed by atoms with Crippen LogP contribution in [-0.4, -0.2) is 46.4 Å². The minimum atomic E-state index is -2.21. The van der Waals surface area contributed by atoms with E-state index in [0.717, 1.165) is 22.3 Å². The first-order chi connectivity index (χ1) is 22.8. The van der Waals surface area contributed by atoms with E-state index in [-0.39, 0.29) is 26.4 Å². The lowest BCUT2D eigenvalue weighted by atomic mass is 9.97. The summed E-state index contributed by atoms with van der Waals surface area (Å²) >= 11 is 18.0. The highest BCUT2D eigenvalue weighted by molar-refractivity contribution is 6.76. The number of hydrogen-bond donors (Lipinski definition) is 1. The number of carbonyl (C=O) groups excluding carboxylic acids is 1. The highest BCUT2D eigenvalue weighted by Gasteiger charge is 2.53. The second kappa shape index (κ2) is 17.1. The molecule has 1 saturated heterocycles. The second-order valence-corrected chi connectivity index (χ2v) is 13.0. The van der Waals surface area contributed by atoms with E-state index in [0.29, 0.717) is 0 Å². The van der Waals surface area contributed by atoms with E-state index < -0.39 is 46.4 Å². The number of ether oxygens (including phenoxy) is 6. The van der Waals surface area contributed by atoms with Gasteiger partial charge in [0.2, 0.25) is 12.2 Å². The Balaban J connectivity index is 1.50. The lowest BCUT2D eigenvalue weighted by Gasteiger charge is -2.45. The Labute approximate surface area is 288 Å². The van der Waals surface area contributed by atoms with E-state index in [1.165, 1.54) is 0 Å². The van der Waals surface area contributed by atoms with Crippen LogP contribution in [0.5, 0.6) is 0 Å². The first-order valence-electron chi connectivity index (χ1n) is 14.9. The van der Waals surface area contributed by atoms with Gasteiger partial charge in [-0.2, -0.15) is 0 Å². The normalized spacial score (nSPS) is 21.1. The average Bonchev–Trinajstić information content (AvgIpc) is 3.09. The summed E-state index contributed by atoms with van der Waals surface area (Å²) in [5.74, 6) is -1.45. The summed E-state index contributed by atoms with van der Waals surface area (Å²) < 4.78 is 34.9. The molecule has 5 unspecified atom stereocenters. The summed E-state index contributed by atoms with van der Waals surface area (Å²) in [6.45, 7) is 0.380. The van der Waals surface area contributed by atoms with E-state index in [1.807, 2.05) is 121 Å². The molecule has 0 aromatic heterocycles. The third-order valence-electron chi connectivity index (χ3n) is 7.30. The number of benzene rings is 4. The second-order valence-electron chi connectivity index (χ2n) is 10.7. The molecule has 5 rings (SSSR count). The van der Waals surface area contributed by atoms with Gasteiger partial charge in [0.25, 0.3) is 3.79 Å². The molecule has 11 heteroatoms. The van der Waals surface area contributed by atoms with Gasteiger partial charge in [0.05, 0.1) is 19.8 Å². The standard InChI is InChI=1S/C36H34Cl3NO7/c37-36(38,39)35(40)47-34-32(44-23-27-17-9-3-10-18-27)30(43-22-26-15-7-2-8-16-26)29(42-21-25-13-5-1-6-14-25)31(46-34)33(41)45-24-28-19-11-4-12-20-28/h1-20,29-32,34,40H,21-24H2. The molecule has 0 bridgehead atoms. The lowest BCUT2D eigenvalue weighted by Crippen LogP contribution is -2.63. The van der Waals surface area contributed by atoms with Crippen LogP contribution in [-0.2, 0) is 59.6 Å². The summed E-state index contributed by atoms with van der Waals surface area (Å²) in [5.41, 5.74) is 3.38. The molecule has 1 aliphatic rings. The molecule has 0 radical (unpaired) electrons. The molecule has 0 amide bonds. The van der Waals surface area contributed by atoms with Crippen LogP contribution in [0, 0.1) is 5.41 Å². The molecule has 4 aromatic carbocycles. The first kappa shape index (κ1) is 34.9. The smallest absolute Gasteiger partial charge is 0.338 e. The van der Waals surface area contributed by atoms with E-state index in [4.69, 9.17) is 68.6 Å². The third kappa shape index (κ3) is 10.3. The maximum absolute atomic E-state index is 13.8. The van der Waals surface area contributed by atoms with Crippen molar-refractivity contribution in [2.24, 2.45) is 0 Å². The van der Waals surface area contributed by atoms with Gasteiger partial charge >= 0.3 is 5.97 Å². The Bertz CT molecular complexity index is 1540. The Morgan fingerprint density at radius 3 is 1.40 bits per heavy atom. The van der Waals surface area contributed by atoms with Crippen LogP contribution in [0.3, 0.4) is 0 Å². The molecule has 5 atom stereocenters. The Kier molecular flexibility index (Phi) is 12.7. The molecule has 246 valence electrons. The molecule has 1 aliphatic heterocycles. The monoisotopic (exact) mass is 697 g/mol. The maximum atomic E-state index is 13.8. The van der Waals surface area contributed by atoms with Crippen LogP contribution in [0.1, 0.15) is 22.3 Å². The predicted molar refractivity (Wildman–Crippen MR) is 179 cm³/mol. The molecule has 47 heavy (non-hydrogen) atoms. The SMILES string of the molecule is N=C(OC1OC(C(=O)OCc2ccccc2)C(OCc2ccccc2)C(OCc2ccccc2)C1OCc1ccccc1)C(Cl)(Cl)Cl.